The van der Waals surface area contributed by atoms with Gasteiger partial charge < -0.3 is 9.84 Å². The zero-order valence-electron chi connectivity index (χ0n) is 7.93. The maximum Gasteiger partial charge on any atom is 0.336 e. The number of hydrogen-bond acceptors (Lipinski definition) is 2. The van der Waals surface area contributed by atoms with Crippen LogP contribution in [0.2, 0.25) is 0 Å². The summed E-state index contributed by atoms with van der Waals surface area (Å²) in [6.07, 6.45) is 1.55. The maximum absolute atomic E-state index is 10.9. The largest absolute Gasteiger partial charge is 0.478 e. The van der Waals surface area contributed by atoms with Gasteiger partial charge in [-0.15, -0.1) is 0 Å². The molecule has 0 radical (unpaired) electrons. The molecule has 1 aromatic rings. The fourth-order valence-corrected chi connectivity index (χ4v) is 1.11. The fourth-order valence-electron chi connectivity index (χ4n) is 1.11. The van der Waals surface area contributed by atoms with Crippen LogP contribution in [-0.4, -0.2) is 24.8 Å². The van der Waals surface area contributed by atoms with Gasteiger partial charge in [0.1, 0.15) is 0 Å². The molecule has 0 spiro atoms. The van der Waals surface area contributed by atoms with E-state index in [0.717, 1.165) is 0 Å². The number of benzene rings is 1. The van der Waals surface area contributed by atoms with E-state index in [9.17, 15) is 4.79 Å². The molecule has 0 aliphatic heterocycles. The first-order chi connectivity index (χ1) is 6.75. The topological polar surface area (TPSA) is 46.5 Å². The summed E-state index contributed by atoms with van der Waals surface area (Å²) >= 11 is 0. The monoisotopic (exact) mass is 192 g/mol. The zero-order valence-corrected chi connectivity index (χ0v) is 7.93. The van der Waals surface area contributed by atoms with Crippen molar-refractivity contribution in [1.82, 2.24) is 0 Å². The fraction of sp³-hybridized carbons (Fsp3) is 0.182. The molecule has 0 heterocycles. The van der Waals surface area contributed by atoms with Crippen LogP contribution in [0.15, 0.2) is 36.4 Å². The number of hydrogen-bond donors (Lipinski definition) is 1. The summed E-state index contributed by atoms with van der Waals surface area (Å²) in [4.78, 5) is 10.9. The SMILES string of the molecule is COCC=C(C(=O)O)c1ccccc1. The number of ether oxygens (including phenoxy) is 1. The first-order valence-corrected chi connectivity index (χ1v) is 4.23. The molecule has 1 aromatic carbocycles. The van der Waals surface area contributed by atoms with Crippen LogP contribution in [0.3, 0.4) is 0 Å². The van der Waals surface area contributed by atoms with Crippen LogP contribution in [0.25, 0.3) is 5.57 Å². The van der Waals surface area contributed by atoms with E-state index < -0.39 is 5.97 Å². The van der Waals surface area contributed by atoms with Crippen molar-refractivity contribution >= 4 is 11.5 Å². The molecule has 0 unspecified atom stereocenters. The van der Waals surface area contributed by atoms with Crippen molar-refractivity contribution in [3.63, 3.8) is 0 Å². The average molecular weight is 192 g/mol. The molecule has 3 heteroatoms. The highest BCUT2D eigenvalue weighted by molar-refractivity contribution is 6.15. The molecule has 0 saturated heterocycles. The van der Waals surface area contributed by atoms with Gasteiger partial charge in [-0.3, -0.25) is 0 Å². The molecule has 0 bridgehead atoms. The number of aliphatic carboxylic acids is 1. The van der Waals surface area contributed by atoms with Gasteiger partial charge >= 0.3 is 5.97 Å². The van der Waals surface area contributed by atoms with Crippen LogP contribution >= 0.6 is 0 Å². The number of rotatable bonds is 4. The van der Waals surface area contributed by atoms with Gasteiger partial charge in [0, 0.05) is 7.11 Å². The van der Waals surface area contributed by atoms with Crippen molar-refractivity contribution in [3.05, 3.63) is 42.0 Å². The molecular formula is C11H12O3. The standard InChI is InChI=1S/C11H12O3/c1-14-8-7-10(11(12)13)9-5-3-2-4-6-9/h2-7H,8H2,1H3,(H,12,13). The van der Waals surface area contributed by atoms with Gasteiger partial charge in [0.2, 0.25) is 0 Å². The average Bonchev–Trinajstić information content (AvgIpc) is 2.19. The van der Waals surface area contributed by atoms with Gasteiger partial charge in [-0.2, -0.15) is 0 Å². The summed E-state index contributed by atoms with van der Waals surface area (Å²) in [7, 11) is 1.53. The Morgan fingerprint density at radius 1 is 1.43 bits per heavy atom. The molecule has 0 aliphatic carbocycles. The summed E-state index contributed by atoms with van der Waals surface area (Å²) in [5.41, 5.74) is 0.963. The molecule has 1 N–H and O–H groups in total. The lowest BCUT2D eigenvalue weighted by Gasteiger charge is -2.01. The predicted octanol–water partition coefficient (Wildman–Crippen LogP) is 1.80. The molecule has 0 amide bonds. The van der Waals surface area contributed by atoms with E-state index in [0.29, 0.717) is 12.2 Å². The molecule has 0 aliphatic rings. The number of methoxy groups -OCH3 is 1. The van der Waals surface area contributed by atoms with Crippen LogP contribution in [0.4, 0.5) is 0 Å². The zero-order chi connectivity index (χ0) is 10.4. The van der Waals surface area contributed by atoms with Gasteiger partial charge in [-0.1, -0.05) is 30.3 Å². The quantitative estimate of drug-likeness (QED) is 0.740. The van der Waals surface area contributed by atoms with Crippen LogP contribution < -0.4 is 0 Å². The molecule has 0 saturated carbocycles. The third-order valence-corrected chi connectivity index (χ3v) is 1.77. The summed E-state index contributed by atoms with van der Waals surface area (Å²) in [6, 6.07) is 8.97. The van der Waals surface area contributed by atoms with Gasteiger partial charge in [0.25, 0.3) is 0 Å². The van der Waals surface area contributed by atoms with Crippen LogP contribution in [0, 0.1) is 0 Å². The number of carboxylic acid groups (broad SMARTS) is 1. The van der Waals surface area contributed by atoms with Crippen LogP contribution in [0.5, 0.6) is 0 Å². The second-order valence-corrected chi connectivity index (χ2v) is 2.74. The minimum Gasteiger partial charge on any atom is -0.478 e. The Balaban J connectivity index is 2.95. The second kappa shape index (κ2) is 5.19. The van der Waals surface area contributed by atoms with Crippen molar-refractivity contribution < 1.29 is 14.6 Å². The summed E-state index contributed by atoms with van der Waals surface area (Å²) in [5, 5.41) is 8.93. The van der Waals surface area contributed by atoms with Gasteiger partial charge in [0.05, 0.1) is 12.2 Å². The van der Waals surface area contributed by atoms with Crippen molar-refractivity contribution in [2.24, 2.45) is 0 Å². The molecule has 1 rings (SSSR count). The minimum atomic E-state index is -0.937. The molecular weight excluding hydrogens is 180 g/mol. The first-order valence-electron chi connectivity index (χ1n) is 4.23. The van der Waals surface area contributed by atoms with Gasteiger partial charge in [-0.05, 0) is 11.6 Å². The molecule has 3 nitrogen and oxygen atoms in total. The molecule has 0 fully saturated rings. The Kier molecular flexibility index (Phi) is 3.88. The Hall–Kier alpha value is -1.61. The highest BCUT2D eigenvalue weighted by Gasteiger charge is 2.08. The summed E-state index contributed by atoms with van der Waals surface area (Å²) < 4.78 is 4.80. The van der Waals surface area contributed by atoms with E-state index in [1.165, 1.54) is 7.11 Å². The van der Waals surface area contributed by atoms with E-state index in [1.807, 2.05) is 6.07 Å². The van der Waals surface area contributed by atoms with E-state index in [4.69, 9.17) is 9.84 Å². The Morgan fingerprint density at radius 3 is 2.57 bits per heavy atom. The lowest BCUT2D eigenvalue weighted by molar-refractivity contribution is -0.130. The Labute approximate surface area is 82.6 Å². The number of carbonyl (C=O) groups is 1. The van der Waals surface area contributed by atoms with E-state index in [-0.39, 0.29) is 5.57 Å². The van der Waals surface area contributed by atoms with Gasteiger partial charge in [-0.25, -0.2) is 4.79 Å². The second-order valence-electron chi connectivity index (χ2n) is 2.74. The third kappa shape index (κ3) is 2.71. The lowest BCUT2D eigenvalue weighted by Crippen LogP contribution is -2.01. The lowest BCUT2D eigenvalue weighted by atomic mass is 10.1. The predicted molar refractivity (Wildman–Crippen MR) is 53.9 cm³/mol. The maximum atomic E-state index is 10.9. The normalized spacial score (nSPS) is 11.4. The highest BCUT2D eigenvalue weighted by Crippen LogP contribution is 2.13. The van der Waals surface area contributed by atoms with Crippen LogP contribution in [-0.2, 0) is 9.53 Å². The van der Waals surface area contributed by atoms with E-state index in [1.54, 1.807) is 30.3 Å². The summed E-state index contributed by atoms with van der Waals surface area (Å²) in [6.45, 7) is 0.302. The van der Waals surface area contributed by atoms with Gasteiger partial charge in [0.15, 0.2) is 0 Å². The Bertz CT molecular complexity index is 328. The number of carboxylic acids is 1. The first kappa shape index (κ1) is 10.5. The van der Waals surface area contributed by atoms with E-state index in [2.05, 4.69) is 0 Å². The molecule has 0 atom stereocenters. The Morgan fingerprint density at radius 2 is 2.07 bits per heavy atom. The molecule has 0 aromatic heterocycles. The van der Waals surface area contributed by atoms with Crippen molar-refractivity contribution in [3.8, 4) is 0 Å². The summed E-state index contributed by atoms with van der Waals surface area (Å²) in [5.74, 6) is -0.937. The smallest absolute Gasteiger partial charge is 0.336 e. The highest BCUT2D eigenvalue weighted by atomic mass is 16.5. The third-order valence-electron chi connectivity index (χ3n) is 1.77. The van der Waals surface area contributed by atoms with Crippen molar-refractivity contribution in [1.29, 1.82) is 0 Å². The molecule has 74 valence electrons. The van der Waals surface area contributed by atoms with E-state index >= 15 is 0 Å². The minimum absolute atomic E-state index is 0.271. The van der Waals surface area contributed by atoms with Crippen LogP contribution in [0.1, 0.15) is 5.56 Å². The van der Waals surface area contributed by atoms with Crippen molar-refractivity contribution in [2.45, 2.75) is 0 Å². The molecule has 14 heavy (non-hydrogen) atoms. The van der Waals surface area contributed by atoms with Crippen molar-refractivity contribution in [2.75, 3.05) is 13.7 Å².